The summed E-state index contributed by atoms with van der Waals surface area (Å²) in [7, 11) is 0. The molecule has 1 aliphatic rings. The minimum Gasteiger partial charge on any atom is -0.464 e. The summed E-state index contributed by atoms with van der Waals surface area (Å²) in [5.41, 5.74) is 0. The molecule has 0 N–H and O–H groups in total. The first-order valence-electron chi connectivity index (χ1n) is 5.75. The van der Waals surface area contributed by atoms with Crippen molar-refractivity contribution >= 4 is 23.2 Å². The molecule has 0 radical (unpaired) electrons. The predicted octanol–water partition coefficient (Wildman–Crippen LogP) is 1.92. The second-order valence-electron chi connectivity index (χ2n) is 3.89. The van der Waals surface area contributed by atoms with Gasteiger partial charge in [-0.2, -0.15) is 0 Å². The maximum Gasteiger partial charge on any atom is 0.328 e. The lowest BCUT2D eigenvalue weighted by Crippen LogP contribution is -2.41. The Hall–Kier alpha value is -1.36. The Kier molecular flexibility index (Phi) is 3.78. The molecule has 0 aliphatic carbocycles. The molecule has 0 bridgehead atoms. The molecule has 2 heterocycles. The molecule has 1 aliphatic heterocycles. The van der Waals surface area contributed by atoms with Crippen molar-refractivity contribution in [3.63, 3.8) is 0 Å². The van der Waals surface area contributed by atoms with E-state index in [0.717, 1.165) is 6.42 Å². The summed E-state index contributed by atoms with van der Waals surface area (Å²) in [5.74, 6) is -0.342. The molecule has 1 atom stereocenters. The van der Waals surface area contributed by atoms with Gasteiger partial charge in [0.25, 0.3) is 5.91 Å². The van der Waals surface area contributed by atoms with Gasteiger partial charge in [-0.25, -0.2) is 4.79 Å². The fourth-order valence-electron chi connectivity index (χ4n) is 2.04. The van der Waals surface area contributed by atoms with Crippen LogP contribution in [-0.2, 0) is 9.53 Å². The molecule has 1 amide bonds. The Morgan fingerprint density at radius 3 is 3.06 bits per heavy atom. The van der Waals surface area contributed by atoms with E-state index in [4.69, 9.17) is 4.74 Å². The van der Waals surface area contributed by atoms with Gasteiger partial charge in [0, 0.05) is 6.54 Å². The van der Waals surface area contributed by atoms with E-state index < -0.39 is 6.04 Å². The smallest absolute Gasteiger partial charge is 0.328 e. The van der Waals surface area contributed by atoms with Crippen LogP contribution in [0.3, 0.4) is 0 Å². The number of hydrogen-bond donors (Lipinski definition) is 0. The van der Waals surface area contributed by atoms with Crippen LogP contribution >= 0.6 is 11.3 Å². The molecule has 1 unspecified atom stereocenters. The van der Waals surface area contributed by atoms with E-state index in [1.54, 1.807) is 17.9 Å². The summed E-state index contributed by atoms with van der Waals surface area (Å²) in [6.45, 7) is 2.77. The van der Waals surface area contributed by atoms with E-state index >= 15 is 0 Å². The normalized spacial score (nSPS) is 19.4. The molecule has 17 heavy (non-hydrogen) atoms. The van der Waals surface area contributed by atoms with Gasteiger partial charge in [-0.05, 0) is 31.2 Å². The number of rotatable bonds is 3. The highest BCUT2D eigenvalue weighted by molar-refractivity contribution is 7.12. The SMILES string of the molecule is CCOC(=O)C1CCCN1C(=O)c1cccs1. The Labute approximate surface area is 104 Å². The Morgan fingerprint density at radius 1 is 1.59 bits per heavy atom. The van der Waals surface area contributed by atoms with Crippen molar-refractivity contribution in [2.24, 2.45) is 0 Å². The summed E-state index contributed by atoms with van der Waals surface area (Å²) >= 11 is 1.40. The third kappa shape index (κ3) is 2.49. The van der Waals surface area contributed by atoms with Crippen LogP contribution in [0.2, 0.25) is 0 Å². The van der Waals surface area contributed by atoms with Crippen LogP contribution in [0.4, 0.5) is 0 Å². The van der Waals surface area contributed by atoms with Crippen LogP contribution in [0.5, 0.6) is 0 Å². The van der Waals surface area contributed by atoms with Crippen molar-refractivity contribution in [3.05, 3.63) is 22.4 Å². The lowest BCUT2D eigenvalue weighted by molar-refractivity contribution is -0.147. The molecule has 1 aromatic heterocycles. The number of esters is 1. The average molecular weight is 253 g/mol. The zero-order valence-electron chi connectivity index (χ0n) is 9.72. The molecule has 0 aromatic carbocycles. The Balaban J connectivity index is 2.09. The average Bonchev–Trinajstić information content (AvgIpc) is 3.00. The van der Waals surface area contributed by atoms with Crippen molar-refractivity contribution in [2.45, 2.75) is 25.8 Å². The highest BCUT2D eigenvalue weighted by Gasteiger charge is 2.35. The van der Waals surface area contributed by atoms with Gasteiger partial charge in [-0.1, -0.05) is 6.07 Å². The summed E-state index contributed by atoms with van der Waals surface area (Å²) in [6, 6.07) is 3.23. The molecular weight excluding hydrogens is 238 g/mol. The van der Waals surface area contributed by atoms with Gasteiger partial charge in [0.1, 0.15) is 6.04 Å². The Bertz CT molecular complexity index is 402. The van der Waals surface area contributed by atoms with Crippen molar-refractivity contribution in [2.75, 3.05) is 13.2 Å². The van der Waals surface area contributed by atoms with Crippen LogP contribution in [0.25, 0.3) is 0 Å². The predicted molar refractivity (Wildman–Crippen MR) is 65.0 cm³/mol. The molecule has 1 fully saturated rings. The molecule has 4 nitrogen and oxygen atoms in total. The highest BCUT2D eigenvalue weighted by atomic mass is 32.1. The largest absolute Gasteiger partial charge is 0.464 e. The van der Waals surface area contributed by atoms with Gasteiger partial charge in [0.2, 0.25) is 0 Å². The molecule has 1 saturated heterocycles. The van der Waals surface area contributed by atoms with Crippen LogP contribution in [0.1, 0.15) is 29.4 Å². The third-order valence-electron chi connectivity index (χ3n) is 2.80. The first kappa shape index (κ1) is 12.1. The topological polar surface area (TPSA) is 46.6 Å². The van der Waals surface area contributed by atoms with Gasteiger partial charge in [-0.3, -0.25) is 4.79 Å². The number of thiophene rings is 1. The van der Waals surface area contributed by atoms with Gasteiger partial charge < -0.3 is 9.64 Å². The van der Waals surface area contributed by atoms with E-state index in [2.05, 4.69) is 0 Å². The fourth-order valence-corrected chi connectivity index (χ4v) is 2.71. The summed E-state index contributed by atoms with van der Waals surface area (Å²) in [5, 5.41) is 1.86. The number of ether oxygens (including phenoxy) is 1. The number of likely N-dealkylation sites (tertiary alicyclic amines) is 1. The molecule has 2 rings (SSSR count). The molecular formula is C12H15NO3S. The summed E-state index contributed by atoms with van der Waals surface area (Å²) in [4.78, 5) is 26.2. The van der Waals surface area contributed by atoms with Gasteiger partial charge >= 0.3 is 5.97 Å². The maximum atomic E-state index is 12.2. The van der Waals surface area contributed by atoms with Crippen LogP contribution in [0, 0.1) is 0 Å². The van der Waals surface area contributed by atoms with E-state index in [0.29, 0.717) is 24.4 Å². The number of carbonyl (C=O) groups is 2. The van der Waals surface area contributed by atoms with Gasteiger partial charge in [-0.15, -0.1) is 11.3 Å². The van der Waals surface area contributed by atoms with E-state index in [1.807, 2.05) is 11.4 Å². The Morgan fingerprint density at radius 2 is 2.41 bits per heavy atom. The van der Waals surface area contributed by atoms with E-state index in [9.17, 15) is 9.59 Å². The van der Waals surface area contributed by atoms with Crippen LogP contribution in [0.15, 0.2) is 17.5 Å². The van der Waals surface area contributed by atoms with Crippen LogP contribution in [-0.4, -0.2) is 36.0 Å². The second kappa shape index (κ2) is 5.31. The van der Waals surface area contributed by atoms with Crippen molar-refractivity contribution in [1.82, 2.24) is 4.90 Å². The number of amides is 1. The lowest BCUT2D eigenvalue weighted by atomic mass is 10.2. The molecule has 1 aromatic rings. The first-order valence-corrected chi connectivity index (χ1v) is 6.63. The minimum absolute atomic E-state index is 0.0597. The summed E-state index contributed by atoms with van der Waals surface area (Å²) in [6.07, 6.45) is 1.57. The fraction of sp³-hybridized carbons (Fsp3) is 0.500. The van der Waals surface area contributed by atoms with Gasteiger partial charge in [0.05, 0.1) is 11.5 Å². The molecule has 0 spiro atoms. The number of hydrogen-bond acceptors (Lipinski definition) is 4. The zero-order valence-corrected chi connectivity index (χ0v) is 10.5. The maximum absolute atomic E-state index is 12.2. The molecule has 0 saturated carbocycles. The van der Waals surface area contributed by atoms with E-state index in [1.165, 1.54) is 11.3 Å². The highest BCUT2D eigenvalue weighted by Crippen LogP contribution is 2.22. The van der Waals surface area contributed by atoms with E-state index in [-0.39, 0.29) is 11.9 Å². The minimum atomic E-state index is -0.399. The first-order chi connectivity index (χ1) is 8.24. The zero-order chi connectivity index (χ0) is 12.3. The number of nitrogens with zero attached hydrogens (tertiary/aromatic N) is 1. The second-order valence-corrected chi connectivity index (χ2v) is 4.83. The van der Waals surface area contributed by atoms with Gasteiger partial charge in [0.15, 0.2) is 0 Å². The quantitative estimate of drug-likeness (QED) is 0.773. The monoisotopic (exact) mass is 253 g/mol. The molecule has 92 valence electrons. The third-order valence-corrected chi connectivity index (χ3v) is 3.66. The number of carbonyl (C=O) groups excluding carboxylic acids is 2. The standard InChI is InChI=1S/C12H15NO3S/c1-2-16-12(15)9-5-3-7-13(9)11(14)10-6-4-8-17-10/h4,6,8-9H,2-3,5,7H2,1H3. The van der Waals surface area contributed by atoms with Crippen molar-refractivity contribution < 1.29 is 14.3 Å². The van der Waals surface area contributed by atoms with Crippen molar-refractivity contribution in [1.29, 1.82) is 0 Å². The molecule has 5 heteroatoms. The van der Waals surface area contributed by atoms with Crippen LogP contribution < -0.4 is 0 Å². The van der Waals surface area contributed by atoms with Crippen molar-refractivity contribution in [3.8, 4) is 0 Å². The summed E-state index contributed by atoms with van der Waals surface area (Å²) < 4.78 is 4.99. The lowest BCUT2D eigenvalue weighted by Gasteiger charge is -2.22.